The zero-order chi connectivity index (χ0) is 21.6. The van der Waals surface area contributed by atoms with Crippen molar-refractivity contribution in [3.8, 4) is 0 Å². The van der Waals surface area contributed by atoms with Gasteiger partial charge in [-0.3, -0.25) is 19.5 Å². The van der Waals surface area contributed by atoms with Gasteiger partial charge in [-0.25, -0.2) is 18.2 Å². The average molecular weight is 430 g/mol. The molecule has 7 nitrogen and oxygen atoms in total. The van der Waals surface area contributed by atoms with E-state index >= 15 is 0 Å². The normalized spacial score (nSPS) is 11.5. The minimum Gasteiger partial charge on any atom is -0.286 e. The van der Waals surface area contributed by atoms with Crippen LogP contribution in [0, 0.1) is 12.7 Å². The van der Waals surface area contributed by atoms with Crippen LogP contribution in [0.15, 0.2) is 36.5 Å². The van der Waals surface area contributed by atoms with Crippen LogP contribution in [-0.2, 0) is 27.9 Å². The van der Waals surface area contributed by atoms with E-state index in [1.54, 1.807) is 19.1 Å². The van der Waals surface area contributed by atoms with Crippen molar-refractivity contribution in [1.82, 2.24) is 15.8 Å². The number of rotatable bonds is 9. The third-order valence-electron chi connectivity index (χ3n) is 4.02. The highest BCUT2D eigenvalue weighted by molar-refractivity contribution is 7.92. The number of hydrogen-bond donors (Lipinski definition) is 2. The lowest BCUT2D eigenvalue weighted by Crippen LogP contribution is -2.40. The molecule has 1 aromatic heterocycles. The quantitative estimate of drug-likeness (QED) is 0.596. The summed E-state index contributed by atoms with van der Waals surface area (Å²) in [7, 11) is -3.64. The fourth-order valence-electron chi connectivity index (χ4n) is 2.38. The van der Waals surface area contributed by atoms with Crippen molar-refractivity contribution in [3.05, 3.63) is 59.2 Å². The van der Waals surface area contributed by atoms with Gasteiger partial charge in [-0.05, 0) is 49.2 Å². The van der Waals surface area contributed by atoms with Crippen LogP contribution in [0.4, 0.5) is 18.9 Å². The first kappa shape index (κ1) is 22.6. The maximum atomic E-state index is 13.6. The SMILES string of the molecule is CCS(=O)(=O)N(Cc1ccc(CNNC(=O)C(F)F)cn1)c1ccc(F)c(C)c1. The predicted molar refractivity (Wildman–Crippen MR) is 102 cm³/mol. The van der Waals surface area contributed by atoms with Crippen LogP contribution in [0.2, 0.25) is 0 Å². The molecule has 0 aliphatic rings. The second kappa shape index (κ2) is 9.70. The molecule has 0 unspecified atom stereocenters. The summed E-state index contributed by atoms with van der Waals surface area (Å²) < 4.78 is 64.0. The number of nitrogens with zero attached hydrogens (tertiary/aromatic N) is 2. The van der Waals surface area contributed by atoms with Gasteiger partial charge in [0.15, 0.2) is 0 Å². The molecule has 2 N–H and O–H groups in total. The van der Waals surface area contributed by atoms with Crippen LogP contribution >= 0.6 is 0 Å². The number of halogens is 3. The number of alkyl halides is 2. The standard InChI is InChI=1S/C18H21F3N4O3S/c1-3-29(27,28)25(15-6-7-16(19)12(2)8-15)11-14-5-4-13(9-22-14)10-23-24-18(26)17(20)21/h4-9,17,23H,3,10-11H2,1-2H3,(H,24,26). The van der Waals surface area contributed by atoms with Crippen molar-refractivity contribution >= 4 is 21.6 Å². The molecule has 0 fully saturated rings. The molecule has 0 bridgehead atoms. The van der Waals surface area contributed by atoms with Gasteiger partial charge in [0.05, 0.1) is 23.7 Å². The van der Waals surface area contributed by atoms with E-state index in [1.165, 1.54) is 31.3 Å². The summed E-state index contributed by atoms with van der Waals surface area (Å²) in [6.45, 7) is 3.05. The Balaban J connectivity index is 2.13. The van der Waals surface area contributed by atoms with E-state index in [4.69, 9.17) is 0 Å². The van der Waals surface area contributed by atoms with Crippen molar-refractivity contribution in [3.63, 3.8) is 0 Å². The Morgan fingerprint density at radius 2 is 1.97 bits per heavy atom. The summed E-state index contributed by atoms with van der Waals surface area (Å²) in [6.07, 6.45) is -1.69. The molecule has 0 aliphatic carbocycles. The molecule has 0 saturated carbocycles. The van der Waals surface area contributed by atoms with Gasteiger partial charge >= 0.3 is 12.3 Å². The smallest absolute Gasteiger partial charge is 0.286 e. The number of carbonyl (C=O) groups is 1. The zero-order valence-electron chi connectivity index (χ0n) is 15.8. The minimum atomic E-state index is -3.64. The lowest BCUT2D eigenvalue weighted by atomic mass is 10.2. The van der Waals surface area contributed by atoms with Gasteiger partial charge in [0.25, 0.3) is 0 Å². The van der Waals surface area contributed by atoms with Crippen LogP contribution in [-0.4, -0.2) is 31.5 Å². The first-order valence-electron chi connectivity index (χ1n) is 8.65. The highest BCUT2D eigenvalue weighted by atomic mass is 32.2. The van der Waals surface area contributed by atoms with E-state index in [0.717, 1.165) is 4.31 Å². The first-order chi connectivity index (χ1) is 13.6. The Labute approximate surface area is 167 Å². The molecule has 158 valence electrons. The number of nitrogens with one attached hydrogen (secondary N) is 2. The Bertz CT molecular complexity index is 953. The Kier molecular flexibility index (Phi) is 7.57. The van der Waals surface area contributed by atoms with Gasteiger partial charge in [-0.1, -0.05) is 6.07 Å². The predicted octanol–water partition coefficient (Wildman–Crippen LogP) is 2.27. The van der Waals surface area contributed by atoms with Gasteiger partial charge in [0, 0.05) is 12.7 Å². The molecule has 1 amide bonds. The van der Waals surface area contributed by atoms with E-state index in [1.807, 2.05) is 5.43 Å². The second-order valence-electron chi connectivity index (χ2n) is 6.14. The molecule has 29 heavy (non-hydrogen) atoms. The Morgan fingerprint density at radius 1 is 1.24 bits per heavy atom. The lowest BCUT2D eigenvalue weighted by molar-refractivity contribution is -0.132. The number of hydrogen-bond acceptors (Lipinski definition) is 5. The number of aryl methyl sites for hydroxylation is 1. The van der Waals surface area contributed by atoms with Crippen molar-refractivity contribution in [2.24, 2.45) is 0 Å². The number of carbonyl (C=O) groups excluding carboxylic acids is 1. The van der Waals surface area contributed by atoms with E-state index < -0.39 is 28.2 Å². The Hall–Kier alpha value is -2.66. The molecule has 1 aromatic carbocycles. The number of hydrazine groups is 1. The first-order valence-corrected chi connectivity index (χ1v) is 10.3. The zero-order valence-corrected chi connectivity index (χ0v) is 16.6. The van der Waals surface area contributed by atoms with E-state index in [2.05, 4.69) is 10.4 Å². The lowest BCUT2D eigenvalue weighted by Gasteiger charge is -2.24. The highest BCUT2D eigenvalue weighted by Gasteiger charge is 2.22. The van der Waals surface area contributed by atoms with Crippen LogP contribution in [0.25, 0.3) is 0 Å². The van der Waals surface area contributed by atoms with Crippen LogP contribution in [0.3, 0.4) is 0 Å². The summed E-state index contributed by atoms with van der Waals surface area (Å²) in [5, 5.41) is 0. The van der Waals surface area contributed by atoms with Gasteiger partial charge in [0.2, 0.25) is 10.0 Å². The van der Waals surface area contributed by atoms with Gasteiger partial charge in [-0.2, -0.15) is 8.78 Å². The van der Waals surface area contributed by atoms with Crippen molar-refractivity contribution in [2.75, 3.05) is 10.1 Å². The number of anilines is 1. The van der Waals surface area contributed by atoms with Crippen LogP contribution in [0.5, 0.6) is 0 Å². The third-order valence-corrected chi connectivity index (χ3v) is 5.77. The average Bonchev–Trinajstić information content (AvgIpc) is 2.69. The maximum Gasteiger partial charge on any atom is 0.316 e. The van der Waals surface area contributed by atoms with Gasteiger partial charge < -0.3 is 0 Å². The molecule has 1 heterocycles. The molecule has 0 atom stereocenters. The number of sulfonamides is 1. The fourth-order valence-corrected chi connectivity index (χ4v) is 3.45. The Morgan fingerprint density at radius 3 is 2.52 bits per heavy atom. The number of aromatic nitrogens is 1. The molecule has 2 aromatic rings. The summed E-state index contributed by atoms with van der Waals surface area (Å²) in [5.74, 6) is -2.02. The van der Waals surface area contributed by atoms with E-state index in [-0.39, 0.29) is 18.8 Å². The van der Waals surface area contributed by atoms with Crippen molar-refractivity contribution < 1.29 is 26.4 Å². The van der Waals surface area contributed by atoms with Crippen LogP contribution in [0.1, 0.15) is 23.7 Å². The number of pyridine rings is 1. The molecular formula is C18H21F3N4O3S. The monoisotopic (exact) mass is 430 g/mol. The maximum absolute atomic E-state index is 13.6. The second-order valence-corrected chi connectivity index (χ2v) is 8.32. The topological polar surface area (TPSA) is 91.4 Å². The summed E-state index contributed by atoms with van der Waals surface area (Å²) in [5.41, 5.74) is 5.87. The largest absolute Gasteiger partial charge is 0.316 e. The van der Waals surface area contributed by atoms with Gasteiger partial charge in [-0.15, -0.1) is 0 Å². The van der Waals surface area contributed by atoms with Crippen LogP contribution < -0.4 is 15.2 Å². The van der Waals surface area contributed by atoms with Gasteiger partial charge in [0.1, 0.15) is 5.82 Å². The number of benzene rings is 1. The van der Waals surface area contributed by atoms with Crippen molar-refractivity contribution in [2.45, 2.75) is 33.4 Å². The molecule has 11 heteroatoms. The third kappa shape index (κ3) is 6.16. The molecule has 0 saturated heterocycles. The highest BCUT2D eigenvalue weighted by Crippen LogP contribution is 2.23. The molecule has 0 spiro atoms. The molecule has 2 rings (SSSR count). The molecule has 0 radical (unpaired) electrons. The summed E-state index contributed by atoms with van der Waals surface area (Å²) in [4.78, 5) is 15.0. The fraction of sp³-hybridized carbons (Fsp3) is 0.333. The summed E-state index contributed by atoms with van der Waals surface area (Å²) >= 11 is 0. The van der Waals surface area contributed by atoms with Crippen molar-refractivity contribution in [1.29, 1.82) is 0 Å². The molecular weight excluding hydrogens is 409 g/mol. The van der Waals surface area contributed by atoms with E-state index in [0.29, 0.717) is 22.5 Å². The molecule has 0 aliphatic heterocycles. The minimum absolute atomic E-state index is 0.0554. The summed E-state index contributed by atoms with van der Waals surface area (Å²) in [6, 6.07) is 7.25. The van der Waals surface area contributed by atoms with E-state index in [9.17, 15) is 26.4 Å². The number of amides is 1.